The van der Waals surface area contributed by atoms with Crippen LogP contribution in [0.15, 0.2) is 79.0 Å². The van der Waals surface area contributed by atoms with Crippen molar-refractivity contribution < 1.29 is 4.74 Å². The number of nitrogens with one attached hydrogen (secondary N) is 1. The lowest BCUT2D eigenvalue weighted by atomic mass is 10.2. The molecule has 0 aliphatic heterocycles. The molecular formula is C19H18N2O. The number of ether oxygens (including phenoxy) is 1. The number of para-hydroxylation sites is 3. The first-order valence-corrected chi connectivity index (χ1v) is 7.32. The van der Waals surface area contributed by atoms with Crippen molar-refractivity contribution in [3.8, 4) is 11.5 Å². The Morgan fingerprint density at radius 3 is 2.36 bits per heavy atom. The third-order valence-electron chi connectivity index (χ3n) is 3.36. The fourth-order valence-electron chi connectivity index (χ4n) is 2.23. The summed E-state index contributed by atoms with van der Waals surface area (Å²) in [7, 11) is 0. The Balaban J connectivity index is 1.79. The molecule has 0 aliphatic carbocycles. The molecule has 1 heterocycles. The molecule has 3 heteroatoms. The zero-order chi connectivity index (χ0) is 15.2. The highest BCUT2D eigenvalue weighted by molar-refractivity contribution is 5.58. The molecule has 0 saturated heterocycles. The molecule has 3 rings (SSSR count). The molecule has 0 saturated carbocycles. The molecule has 0 radical (unpaired) electrons. The van der Waals surface area contributed by atoms with Crippen LogP contribution in [-0.2, 0) is 0 Å². The van der Waals surface area contributed by atoms with Gasteiger partial charge in [-0.15, -0.1) is 0 Å². The fourth-order valence-corrected chi connectivity index (χ4v) is 2.23. The van der Waals surface area contributed by atoms with Gasteiger partial charge in [0.2, 0.25) is 0 Å². The van der Waals surface area contributed by atoms with Crippen LogP contribution in [-0.4, -0.2) is 4.98 Å². The minimum absolute atomic E-state index is 0.0988. The number of hydrogen-bond acceptors (Lipinski definition) is 3. The average Bonchev–Trinajstić information content (AvgIpc) is 2.58. The topological polar surface area (TPSA) is 34.1 Å². The molecule has 2 aromatic carbocycles. The molecule has 22 heavy (non-hydrogen) atoms. The van der Waals surface area contributed by atoms with Crippen molar-refractivity contribution in [2.45, 2.75) is 13.0 Å². The van der Waals surface area contributed by atoms with E-state index < -0.39 is 0 Å². The van der Waals surface area contributed by atoms with E-state index in [2.05, 4.69) is 17.2 Å². The highest BCUT2D eigenvalue weighted by Crippen LogP contribution is 2.31. The van der Waals surface area contributed by atoms with Crippen molar-refractivity contribution in [1.82, 2.24) is 4.98 Å². The Kier molecular flexibility index (Phi) is 4.35. The van der Waals surface area contributed by atoms with Gasteiger partial charge in [0.25, 0.3) is 0 Å². The molecule has 1 unspecified atom stereocenters. The second-order valence-corrected chi connectivity index (χ2v) is 5.03. The standard InChI is InChI=1S/C19H18N2O/c1-15(17-11-7-8-14-20-17)21-18-12-5-6-13-19(18)22-16-9-3-2-4-10-16/h2-15,21H,1H3. The molecule has 1 aromatic heterocycles. The second-order valence-electron chi connectivity index (χ2n) is 5.03. The van der Waals surface area contributed by atoms with E-state index in [9.17, 15) is 0 Å². The molecule has 0 aliphatic rings. The molecule has 0 fully saturated rings. The number of hydrogen-bond donors (Lipinski definition) is 1. The van der Waals surface area contributed by atoms with Gasteiger partial charge in [-0.25, -0.2) is 0 Å². The summed E-state index contributed by atoms with van der Waals surface area (Å²) >= 11 is 0. The van der Waals surface area contributed by atoms with E-state index in [-0.39, 0.29) is 6.04 Å². The van der Waals surface area contributed by atoms with E-state index in [1.807, 2.05) is 72.8 Å². The normalized spacial score (nSPS) is 11.7. The number of anilines is 1. The van der Waals surface area contributed by atoms with Gasteiger partial charge in [-0.2, -0.15) is 0 Å². The van der Waals surface area contributed by atoms with Gasteiger partial charge in [0.1, 0.15) is 5.75 Å². The first-order valence-electron chi connectivity index (χ1n) is 7.32. The third-order valence-corrected chi connectivity index (χ3v) is 3.36. The predicted molar refractivity (Wildman–Crippen MR) is 89.2 cm³/mol. The summed E-state index contributed by atoms with van der Waals surface area (Å²) in [5.74, 6) is 1.62. The van der Waals surface area contributed by atoms with Gasteiger partial charge < -0.3 is 10.1 Å². The molecule has 110 valence electrons. The van der Waals surface area contributed by atoms with Gasteiger partial charge in [-0.05, 0) is 43.3 Å². The lowest BCUT2D eigenvalue weighted by molar-refractivity contribution is 0.483. The maximum Gasteiger partial charge on any atom is 0.150 e. The molecule has 0 amide bonds. The van der Waals surface area contributed by atoms with Gasteiger partial charge >= 0.3 is 0 Å². The molecular weight excluding hydrogens is 272 g/mol. The predicted octanol–water partition coefficient (Wildman–Crippen LogP) is 5.05. The molecule has 1 atom stereocenters. The average molecular weight is 290 g/mol. The monoisotopic (exact) mass is 290 g/mol. The number of aromatic nitrogens is 1. The summed E-state index contributed by atoms with van der Waals surface area (Å²) in [6, 6.07) is 23.7. The van der Waals surface area contributed by atoms with Crippen molar-refractivity contribution in [2.24, 2.45) is 0 Å². The van der Waals surface area contributed by atoms with Gasteiger partial charge in [0, 0.05) is 6.20 Å². The molecule has 0 bridgehead atoms. The minimum atomic E-state index is 0.0988. The van der Waals surface area contributed by atoms with Crippen LogP contribution in [0.1, 0.15) is 18.7 Å². The van der Waals surface area contributed by atoms with Crippen LogP contribution >= 0.6 is 0 Å². The summed E-state index contributed by atoms with van der Waals surface area (Å²) in [6.45, 7) is 2.08. The highest BCUT2D eigenvalue weighted by Gasteiger charge is 2.10. The van der Waals surface area contributed by atoms with Gasteiger partial charge in [0.15, 0.2) is 5.75 Å². The lowest BCUT2D eigenvalue weighted by Gasteiger charge is -2.17. The Labute approximate surface area is 130 Å². The van der Waals surface area contributed by atoms with Crippen LogP contribution in [0.25, 0.3) is 0 Å². The van der Waals surface area contributed by atoms with E-state index in [1.54, 1.807) is 6.20 Å². The number of benzene rings is 2. The van der Waals surface area contributed by atoms with E-state index in [0.29, 0.717) is 0 Å². The van der Waals surface area contributed by atoms with Crippen molar-refractivity contribution in [2.75, 3.05) is 5.32 Å². The summed E-state index contributed by atoms with van der Waals surface area (Å²) in [5.41, 5.74) is 1.95. The van der Waals surface area contributed by atoms with Crippen LogP contribution in [0.2, 0.25) is 0 Å². The summed E-state index contributed by atoms with van der Waals surface area (Å²) in [4.78, 5) is 4.39. The van der Waals surface area contributed by atoms with Crippen LogP contribution in [0.3, 0.4) is 0 Å². The molecule has 1 N–H and O–H groups in total. The van der Waals surface area contributed by atoms with Crippen LogP contribution in [0.4, 0.5) is 5.69 Å². The number of pyridine rings is 1. The van der Waals surface area contributed by atoms with Gasteiger partial charge in [-0.3, -0.25) is 4.98 Å². The zero-order valence-corrected chi connectivity index (χ0v) is 12.4. The van der Waals surface area contributed by atoms with Crippen molar-refractivity contribution >= 4 is 5.69 Å². The first-order chi connectivity index (χ1) is 10.8. The van der Waals surface area contributed by atoms with E-state index in [0.717, 1.165) is 22.9 Å². The summed E-state index contributed by atoms with van der Waals surface area (Å²) in [5, 5.41) is 3.46. The Morgan fingerprint density at radius 1 is 0.864 bits per heavy atom. The van der Waals surface area contributed by atoms with Crippen molar-refractivity contribution in [1.29, 1.82) is 0 Å². The lowest BCUT2D eigenvalue weighted by Crippen LogP contribution is -2.08. The van der Waals surface area contributed by atoms with Crippen molar-refractivity contribution in [3.63, 3.8) is 0 Å². The molecule has 3 nitrogen and oxygen atoms in total. The summed E-state index contributed by atoms with van der Waals surface area (Å²) < 4.78 is 5.96. The fraction of sp³-hybridized carbons (Fsp3) is 0.105. The Morgan fingerprint density at radius 2 is 1.59 bits per heavy atom. The zero-order valence-electron chi connectivity index (χ0n) is 12.4. The Bertz CT molecular complexity index is 714. The van der Waals surface area contributed by atoms with Gasteiger partial charge in [-0.1, -0.05) is 36.4 Å². The van der Waals surface area contributed by atoms with E-state index >= 15 is 0 Å². The maximum absolute atomic E-state index is 5.96. The Hall–Kier alpha value is -2.81. The number of nitrogens with zero attached hydrogens (tertiary/aromatic N) is 1. The maximum atomic E-state index is 5.96. The molecule has 3 aromatic rings. The summed E-state index contributed by atoms with van der Waals surface area (Å²) in [6.07, 6.45) is 1.81. The minimum Gasteiger partial charge on any atom is -0.455 e. The quantitative estimate of drug-likeness (QED) is 0.714. The smallest absolute Gasteiger partial charge is 0.150 e. The second kappa shape index (κ2) is 6.76. The largest absolute Gasteiger partial charge is 0.455 e. The first kappa shape index (κ1) is 14.1. The van der Waals surface area contributed by atoms with E-state index in [1.165, 1.54) is 0 Å². The SMILES string of the molecule is CC(Nc1ccccc1Oc1ccccc1)c1ccccn1. The van der Waals surface area contributed by atoms with Crippen molar-refractivity contribution in [3.05, 3.63) is 84.7 Å². The van der Waals surface area contributed by atoms with Crippen LogP contribution in [0, 0.1) is 0 Å². The van der Waals surface area contributed by atoms with Gasteiger partial charge in [0.05, 0.1) is 17.4 Å². The third kappa shape index (κ3) is 3.44. The van der Waals surface area contributed by atoms with Crippen LogP contribution < -0.4 is 10.1 Å². The molecule has 0 spiro atoms. The van der Waals surface area contributed by atoms with E-state index in [4.69, 9.17) is 4.74 Å². The highest BCUT2D eigenvalue weighted by atomic mass is 16.5. The van der Waals surface area contributed by atoms with Crippen LogP contribution in [0.5, 0.6) is 11.5 Å². The number of rotatable bonds is 5.